The van der Waals surface area contributed by atoms with Gasteiger partial charge < -0.3 is 5.11 Å². The van der Waals surface area contributed by atoms with E-state index < -0.39 is 0 Å². The Labute approximate surface area is 138 Å². The van der Waals surface area contributed by atoms with Crippen molar-refractivity contribution in [2.24, 2.45) is 29.6 Å². The number of unbranched alkanes of at least 4 members (excludes halogenated alkanes) is 2. The average molecular weight is 307 g/mol. The Kier molecular flexibility index (Phi) is 6.24. The summed E-state index contributed by atoms with van der Waals surface area (Å²) in [6.45, 7) is 2.32. The maximum Gasteiger partial charge on any atom is 0.0540 e. The van der Waals surface area contributed by atoms with Crippen LogP contribution in [0.15, 0.2) is 0 Å². The van der Waals surface area contributed by atoms with Crippen molar-refractivity contribution in [3.8, 4) is 0 Å². The molecule has 0 spiro atoms. The SMILES string of the molecule is CCCCCC1CCC2CC(C3CCC(O)CC3)CCC2C1. The number of hydrogen-bond donors (Lipinski definition) is 1. The number of fused-ring (bicyclic) bond motifs is 1. The molecular formula is C21H38O. The zero-order valence-corrected chi connectivity index (χ0v) is 14.8. The predicted molar refractivity (Wildman–Crippen MR) is 93.8 cm³/mol. The molecule has 3 aliphatic carbocycles. The van der Waals surface area contributed by atoms with Crippen LogP contribution in [0.3, 0.4) is 0 Å². The molecule has 0 aliphatic heterocycles. The molecule has 0 heterocycles. The molecule has 0 aromatic heterocycles. The van der Waals surface area contributed by atoms with Crippen molar-refractivity contribution < 1.29 is 5.11 Å². The lowest BCUT2D eigenvalue weighted by atomic mass is 9.61. The number of hydrogen-bond acceptors (Lipinski definition) is 1. The molecule has 3 fully saturated rings. The minimum atomic E-state index is 0.0196. The van der Waals surface area contributed by atoms with E-state index in [0.717, 1.165) is 42.4 Å². The molecular weight excluding hydrogens is 268 g/mol. The molecule has 4 atom stereocenters. The third kappa shape index (κ3) is 4.28. The molecule has 0 radical (unpaired) electrons. The summed E-state index contributed by atoms with van der Waals surface area (Å²) in [6, 6.07) is 0. The summed E-state index contributed by atoms with van der Waals surface area (Å²) in [4.78, 5) is 0. The molecule has 1 heteroatoms. The highest BCUT2D eigenvalue weighted by Gasteiger charge is 2.38. The standard InChI is InChI=1S/C21H38O/c1-2-3-4-5-16-6-7-20-15-19(9-8-18(20)14-16)17-10-12-21(22)13-11-17/h16-22H,2-15H2,1H3. The Morgan fingerprint density at radius 3 is 2.00 bits per heavy atom. The van der Waals surface area contributed by atoms with E-state index in [1.165, 1.54) is 70.6 Å². The van der Waals surface area contributed by atoms with Gasteiger partial charge in [0.25, 0.3) is 0 Å². The van der Waals surface area contributed by atoms with Crippen LogP contribution in [0.4, 0.5) is 0 Å². The van der Waals surface area contributed by atoms with E-state index in [9.17, 15) is 5.11 Å². The number of aliphatic hydroxyl groups is 1. The lowest BCUT2D eigenvalue weighted by Crippen LogP contribution is -2.35. The maximum atomic E-state index is 9.73. The number of aliphatic hydroxyl groups excluding tert-OH is 1. The van der Waals surface area contributed by atoms with Crippen molar-refractivity contribution in [2.45, 2.75) is 103 Å². The van der Waals surface area contributed by atoms with Gasteiger partial charge in [0.15, 0.2) is 0 Å². The van der Waals surface area contributed by atoms with Gasteiger partial charge in [0, 0.05) is 0 Å². The molecule has 0 saturated heterocycles. The molecule has 22 heavy (non-hydrogen) atoms. The second kappa shape index (κ2) is 8.18. The summed E-state index contributed by atoms with van der Waals surface area (Å²) in [5.74, 6) is 5.16. The van der Waals surface area contributed by atoms with E-state index in [4.69, 9.17) is 0 Å². The van der Waals surface area contributed by atoms with Gasteiger partial charge in [-0.2, -0.15) is 0 Å². The van der Waals surface area contributed by atoms with E-state index >= 15 is 0 Å². The Hall–Kier alpha value is -0.0400. The van der Waals surface area contributed by atoms with Crippen LogP contribution < -0.4 is 0 Å². The molecule has 1 N–H and O–H groups in total. The Morgan fingerprint density at radius 2 is 1.27 bits per heavy atom. The second-order valence-electron chi connectivity index (χ2n) is 8.84. The van der Waals surface area contributed by atoms with Gasteiger partial charge in [-0.1, -0.05) is 39.0 Å². The van der Waals surface area contributed by atoms with Crippen molar-refractivity contribution in [3.63, 3.8) is 0 Å². The molecule has 3 rings (SSSR count). The third-order valence-corrected chi connectivity index (χ3v) is 7.39. The predicted octanol–water partition coefficient (Wildman–Crippen LogP) is 5.95. The summed E-state index contributed by atoms with van der Waals surface area (Å²) in [6.07, 6.45) is 19.8. The molecule has 128 valence electrons. The first-order valence-corrected chi connectivity index (χ1v) is 10.4. The lowest BCUT2D eigenvalue weighted by molar-refractivity contribution is 0.0402. The van der Waals surface area contributed by atoms with Gasteiger partial charge in [0.1, 0.15) is 0 Å². The van der Waals surface area contributed by atoms with Gasteiger partial charge in [-0.25, -0.2) is 0 Å². The third-order valence-electron chi connectivity index (χ3n) is 7.39. The van der Waals surface area contributed by atoms with Crippen LogP contribution in [0.25, 0.3) is 0 Å². The molecule has 0 bridgehead atoms. The van der Waals surface area contributed by atoms with Crippen LogP contribution in [0.2, 0.25) is 0 Å². The first kappa shape index (κ1) is 16.8. The topological polar surface area (TPSA) is 20.2 Å². The Balaban J connectivity index is 1.43. The van der Waals surface area contributed by atoms with E-state index in [1.807, 2.05) is 0 Å². The Bertz CT molecular complexity index is 318. The van der Waals surface area contributed by atoms with Crippen molar-refractivity contribution >= 4 is 0 Å². The highest BCUT2D eigenvalue weighted by Crippen LogP contribution is 2.49. The van der Waals surface area contributed by atoms with Crippen LogP contribution >= 0.6 is 0 Å². The largest absolute Gasteiger partial charge is 0.393 e. The second-order valence-corrected chi connectivity index (χ2v) is 8.84. The van der Waals surface area contributed by atoms with Crippen molar-refractivity contribution in [1.29, 1.82) is 0 Å². The highest BCUT2D eigenvalue weighted by atomic mass is 16.3. The van der Waals surface area contributed by atoms with Gasteiger partial charge in [-0.05, 0) is 87.4 Å². The van der Waals surface area contributed by atoms with Gasteiger partial charge in [0.05, 0.1) is 6.10 Å². The zero-order chi connectivity index (χ0) is 15.4. The molecule has 0 aromatic carbocycles. The Morgan fingerprint density at radius 1 is 0.682 bits per heavy atom. The van der Waals surface area contributed by atoms with Crippen molar-refractivity contribution in [1.82, 2.24) is 0 Å². The van der Waals surface area contributed by atoms with Gasteiger partial charge in [-0.15, -0.1) is 0 Å². The smallest absolute Gasteiger partial charge is 0.0540 e. The first-order chi connectivity index (χ1) is 10.8. The fraction of sp³-hybridized carbons (Fsp3) is 1.00. The highest BCUT2D eigenvalue weighted by molar-refractivity contribution is 4.89. The zero-order valence-electron chi connectivity index (χ0n) is 14.8. The fourth-order valence-corrected chi connectivity index (χ4v) is 5.97. The monoisotopic (exact) mass is 306 g/mol. The summed E-state index contributed by atoms with van der Waals surface area (Å²) in [7, 11) is 0. The summed E-state index contributed by atoms with van der Waals surface area (Å²) >= 11 is 0. The summed E-state index contributed by atoms with van der Waals surface area (Å²) in [5.41, 5.74) is 0. The quantitative estimate of drug-likeness (QED) is 0.622. The fourth-order valence-electron chi connectivity index (χ4n) is 5.97. The molecule has 0 aromatic rings. The normalized spacial score (nSPS) is 42.8. The van der Waals surface area contributed by atoms with Gasteiger partial charge in [0.2, 0.25) is 0 Å². The minimum absolute atomic E-state index is 0.0196. The van der Waals surface area contributed by atoms with Crippen molar-refractivity contribution in [3.05, 3.63) is 0 Å². The van der Waals surface area contributed by atoms with Crippen LogP contribution in [0, 0.1) is 29.6 Å². The van der Waals surface area contributed by atoms with Crippen LogP contribution in [-0.2, 0) is 0 Å². The van der Waals surface area contributed by atoms with E-state index in [1.54, 1.807) is 6.42 Å². The van der Waals surface area contributed by atoms with Gasteiger partial charge >= 0.3 is 0 Å². The van der Waals surface area contributed by atoms with Gasteiger partial charge in [-0.3, -0.25) is 0 Å². The first-order valence-electron chi connectivity index (χ1n) is 10.4. The average Bonchev–Trinajstić information content (AvgIpc) is 2.55. The lowest BCUT2D eigenvalue weighted by Gasteiger charge is -2.45. The molecule has 3 aliphatic rings. The minimum Gasteiger partial charge on any atom is -0.393 e. The van der Waals surface area contributed by atoms with Crippen molar-refractivity contribution in [2.75, 3.05) is 0 Å². The maximum absolute atomic E-state index is 9.73. The van der Waals surface area contributed by atoms with E-state index in [0.29, 0.717) is 0 Å². The van der Waals surface area contributed by atoms with Crippen LogP contribution in [0.1, 0.15) is 96.8 Å². The van der Waals surface area contributed by atoms with E-state index in [2.05, 4.69) is 6.92 Å². The summed E-state index contributed by atoms with van der Waals surface area (Å²) < 4.78 is 0. The molecule has 1 nitrogen and oxygen atoms in total. The number of rotatable bonds is 5. The molecule has 0 amide bonds. The molecule has 4 unspecified atom stereocenters. The van der Waals surface area contributed by atoms with Crippen LogP contribution in [0.5, 0.6) is 0 Å². The summed E-state index contributed by atoms with van der Waals surface area (Å²) in [5, 5.41) is 9.73. The van der Waals surface area contributed by atoms with E-state index in [-0.39, 0.29) is 6.10 Å². The van der Waals surface area contributed by atoms with Crippen LogP contribution in [-0.4, -0.2) is 11.2 Å². The molecule has 3 saturated carbocycles.